The van der Waals surface area contributed by atoms with Crippen LogP contribution in [0.4, 0.5) is 0 Å². The summed E-state index contributed by atoms with van der Waals surface area (Å²) in [6.07, 6.45) is 6.78. The van der Waals surface area contributed by atoms with Gasteiger partial charge in [-0.3, -0.25) is 9.69 Å². The van der Waals surface area contributed by atoms with Gasteiger partial charge in [-0.05, 0) is 37.0 Å². The first-order chi connectivity index (χ1) is 21.1. The Labute approximate surface area is 257 Å². The van der Waals surface area contributed by atoms with Crippen LogP contribution in [0, 0.1) is 6.92 Å². The number of unbranched alkanes of at least 4 members (excludes halogenated alkanes) is 1. The average Bonchev–Trinajstić information content (AvgIpc) is 3.34. The highest BCUT2D eigenvalue weighted by Gasteiger charge is 2.20. The van der Waals surface area contributed by atoms with Crippen LogP contribution in [-0.2, 0) is 11.3 Å². The van der Waals surface area contributed by atoms with Gasteiger partial charge in [0, 0.05) is 56.8 Å². The molecule has 220 valence electrons. The molecule has 0 bridgehead atoms. The van der Waals surface area contributed by atoms with E-state index in [9.17, 15) is 4.79 Å². The van der Waals surface area contributed by atoms with Gasteiger partial charge < -0.3 is 9.47 Å². The fourth-order valence-electron chi connectivity index (χ4n) is 5.69. The van der Waals surface area contributed by atoms with Gasteiger partial charge in [-0.1, -0.05) is 102 Å². The number of hydrogen-bond donors (Lipinski definition) is 0. The molecule has 7 nitrogen and oxygen atoms in total. The van der Waals surface area contributed by atoms with Gasteiger partial charge in [0.2, 0.25) is 11.1 Å². The predicted molar refractivity (Wildman–Crippen MR) is 176 cm³/mol. The molecule has 1 aliphatic heterocycles. The normalized spacial score (nSPS) is 14.3. The number of thioether (sulfide) groups is 1. The van der Waals surface area contributed by atoms with E-state index in [2.05, 4.69) is 105 Å². The third-order valence-corrected chi connectivity index (χ3v) is 8.92. The molecular weight excluding hydrogens is 552 g/mol. The van der Waals surface area contributed by atoms with Crippen molar-refractivity contribution in [2.24, 2.45) is 0 Å². The first kappa shape index (κ1) is 29.1. The Bertz CT molecular complexity index is 1710. The molecule has 5 aromatic rings. The number of piperazine rings is 1. The van der Waals surface area contributed by atoms with Gasteiger partial charge in [-0.25, -0.2) is 4.98 Å². The Hall–Kier alpha value is -4.01. The lowest BCUT2D eigenvalue weighted by Gasteiger charge is -2.34. The zero-order valence-corrected chi connectivity index (χ0v) is 25.5. The molecule has 0 spiro atoms. The van der Waals surface area contributed by atoms with Crippen LogP contribution in [0.25, 0.3) is 28.1 Å². The second-order valence-corrected chi connectivity index (χ2v) is 12.2. The molecule has 1 fully saturated rings. The van der Waals surface area contributed by atoms with Crippen molar-refractivity contribution in [3.8, 4) is 0 Å². The molecule has 3 aromatic carbocycles. The van der Waals surface area contributed by atoms with Gasteiger partial charge in [-0.2, -0.15) is 0 Å². The van der Waals surface area contributed by atoms with Crippen molar-refractivity contribution in [1.29, 1.82) is 0 Å². The molecule has 2 aromatic heterocycles. The van der Waals surface area contributed by atoms with E-state index in [4.69, 9.17) is 4.98 Å². The summed E-state index contributed by atoms with van der Waals surface area (Å²) in [5, 5.41) is 10.8. The van der Waals surface area contributed by atoms with Crippen LogP contribution in [0.15, 0.2) is 90.1 Å². The molecule has 3 heterocycles. The average molecular weight is 591 g/mol. The highest BCUT2D eigenvalue weighted by molar-refractivity contribution is 7.99. The summed E-state index contributed by atoms with van der Waals surface area (Å²) in [5.41, 5.74) is 6.53. The topological polar surface area (TPSA) is 67.2 Å². The molecule has 1 saturated heterocycles. The number of para-hydroxylation sites is 1. The molecule has 0 radical (unpaired) electrons. The minimum Gasteiger partial charge on any atom is -0.340 e. The highest BCUT2D eigenvalue weighted by atomic mass is 32.2. The first-order valence-corrected chi connectivity index (χ1v) is 16.1. The molecule has 6 rings (SSSR count). The lowest BCUT2D eigenvalue weighted by atomic mass is 10.1. The predicted octanol–water partition coefficient (Wildman–Crippen LogP) is 6.46. The van der Waals surface area contributed by atoms with Crippen LogP contribution in [-0.4, -0.2) is 73.9 Å². The van der Waals surface area contributed by atoms with E-state index in [-0.39, 0.29) is 5.91 Å². The van der Waals surface area contributed by atoms with Gasteiger partial charge in [-0.15, -0.1) is 10.2 Å². The third-order valence-electron chi connectivity index (χ3n) is 7.99. The largest absolute Gasteiger partial charge is 0.340 e. The van der Waals surface area contributed by atoms with E-state index < -0.39 is 0 Å². The molecule has 1 amide bonds. The summed E-state index contributed by atoms with van der Waals surface area (Å²) in [4.78, 5) is 22.2. The fraction of sp³-hybridized carbons (Fsp3) is 0.314. The summed E-state index contributed by atoms with van der Waals surface area (Å²) in [5.74, 6) is 1.13. The number of rotatable bonds is 11. The minimum absolute atomic E-state index is 0.268. The second-order valence-electron chi connectivity index (χ2n) is 11.2. The standard InChI is InChI=1S/C35H38N6OS/c1-27-11-9-14-29(25-27)26-41-31-17-6-5-16-30(31)33-34(41)36-35(38-37-33)43-24-8-7-18-32(42)40-22-20-39(21-23-40)19-10-15-28-12-3-2-4-13-28/h2-6,9-17,25H,7-8,18-24,26H2,1H3/b15-10+. The lowest BCUT2D eigenvalue weighted by molar-refractivity contribution is -0.132. The molecule has 43 heavy (non-hydrogen) atoms. The lowest BCUT2D eigenvalue weighted by Crippen LogP contribution is -2.48. The maximum Gasteiger partial charge on any atom is 0.222 e. The van der Waals surface area contributed by atoms with Crippen molar-refractivity contribution in [3.05, 3.63) is 102 Å². The van der Waals surface area contributed by atoms with Crippen LogP contribution >= 0.6 is 11.8 Å². The number of aromatic nitrogens is 4. The molecule has 8 heteroatoms. The molecule has 1 aliphatic rings. The Kier molecular flexibility index (Phi) is 9.45. The summed E-state index contributed by atoms with van der Waals surface area (Å²) < 4.78 is 2.25. The van der Waals surface area contributed by atoms with Gasteiger partial charge in [0.25, 0.3) is 0 Å². The second kappa shape index (κ2) is 14.0. The summed E-state index contributed by atoms with van der Waals surface area (Å²) >= 11 is 1.62. The number of hydrogen-bond acceptors (Lipinski definition) is 6. The molecule has 0 N–H and O–H groups in total. The SMILES string of the molecule is Cc1cccc(Cn2c3ccccc3c3nnc(SCCCCC(=O)N4CCN(C/C=C/c5ccccc5)CC4)nc32)c1. The van der Waals surface area contributed by atoms with Crippen molar-refractivity contribution in [3.63, 3.8) is 0 Å². The summed E-state index contributed by atoms with van der Waals surface area (Å²) in [6, 6.07) is 27.3. The Morgan fingerprint density at radius 1 is 0.907 bits per heavy atom. The molecule has 0 unspecified atom stereocenters. The van der Waals surface area contributed by atoms with E-state index in [1.54, 1.807) is 11.8 Å². The zero-order chi connectivity index (χ0) is 29.4. The van der Waals surface area contributed by atoms with Crippen LogP contribution in [0.1, 0.15) is 36.0 Å². The van der Waals surface area contributed by atoms with Crippen molar-refractivity contribution in [2.75, 3.05) is 38.5 Å². The number of amides is 1. The molecule has 0 atom stereocenters. The smallest absolute Gasteiger partial charge is 0.222 e. The highest BCUT2D eigenvalue weighted by Crippen LogP contribution is 2.28. The molecular formula is C35H38N6OS. The Morgan fingerprint density at radius 3 is 2.56 bits per heavy atom. The van der Waals surface area contributed by atoms with Crippen molar-refractivity contribution < 1.29 is 4.79 Å². The summed E-state index contributed by atoms with van der Waals surface area (Å²) in [6.45, 7) is 7.24. The van der Waals surface area contributed by atoms with Crippen molar-refractivity contribution >= 4 is 45.8 Å². The summed E-state index contributed by atoms with van der Waals surface area (Å²) in [7, 11) is 0. The fourth-order valence-corrected chi connectivity index (χ4v) is 6.47. The number of fused-ring (bicyclic) bond motifs is 3. The number of carbonyl (C=O) groups is 1. The quantitative estimate of drug-likeness (QED) is 0.130. The minimum atomic E-state index is 0.268. The maximum absolute atomic E-state index is 12.8. The number of carbonyl (C=O) groups excluding carboxylic acids is 1. The van der Waals surface area contributed by atoms with Crippen molar-refractivity contribution in [1.82, 2.24) is 29.5 Å². The van der Waals surface area contributed by atoms with E-state index >= 15 is 0 Å². The number of benzene rings is 3. The molecule has 0 saturated carbocycles. The number of nitrogens with zero attached hydrogens (tertiary/aromatic N) is 6. The van der Waals surface area contributed by atoms with Gasteiger partial charge in [0.1, 0.15) is 5.52 Å². The van der Waals surface area contributed by atoms with E-state index in [0.29, 0.717) is 11.6 Å². The third kappa shape index (κ3) is 7.32. The van der Waals surface area contributed by atoms with Gasteiger partial charge in [0.15, 0.2) is 5.65 Å². The van der Waals surface area contributed by atoms with E-state index in [1.807, 2.05) is 17.0 Å². The maximum atomic E-state index is 12.8. The Balaban J connectivity index is 0.978. The van der Waals surface area contributed by atoms with E-state index in [0.717, 1.165) is 79.9 Å². The van der Waals surface area contributed by atoms with Crippen molar-refractivity contribution in [2.45, 2.75) is 37.9 Å². The van der Waals surface area contributed by atoms with Crippen LogP contribution < -0.4 is 0 Å². The van der Waals surface area contributed by atoms with Crippen LogP contribution in [0.3, 0.4) is 0 Å². The monoisotopic (exact) mass is 590 g/mol. The molecule has 0 aliphatic carbocycles. The first-order valence-electron chi connectivity index (χ1n) is 15.2. The zero-order valence-electron chi connectivity index (χ0n) is 24.7. The van der Waals surface area contributed by atoms with Gasteiger partial charge >= 0.3 is 0 Å². The number of aryl methyl sites for hydroxylation is 1. The van der Waals surface area contributed by atoms with Crippen LogP contribution in [0.5, 0.6) is 0 Å². The van der Waals surface area contributed by atoms with E-state index in [1.165, 1.54) is 16.7 Å². The van der Waals surface area contributed by atoms with Crippen LogP contribution in [0.2, 0.25) is 0 Å². The Morgan fingerprint density at radius 2 is 1.72 bits per heavy atom. The van der Waals surface area contributed by atoms with Gasteiger partial charge in [0.05, 0.1) is 5.52 Å².